The van der Waals surface area contributed by atoms with Crippen molar-refractivity contribution < 1.29 is 26.9 Å². The Labute approximate surface area is 186 Å². The lowest BCUT2D eigenvalue weighted by atomic mass is 9.82. The minimum atomic E-state index is -4.18. The van der Waals surface area contributed by atoms with Gasteiger partial charge in [0, 0.05) is 5.56 Å². The molecule has 2 aromatic carbocycles. The number of allylic oxidation sites excluding steroid dienone is 2. The van der Waals surface area contributed by atoms with Crippen LogP contribution in [0.25, 0.3) is 0 Å². The van der Waals surface area contributed by atoms with E-state index in [1.54, 1.807) is 37.3 Å². The smallest absolute Gasteiger partial charge is 0.339 e. The van der Waals surface area contributed by atoms with Gasteiger partial charge in [0.1, 0.15) is 28.0 Å². The number of nitriles is 1. The largest absolute Gasteiger partial charge is 0.463 e. The number of nitrogens with zero attached hydrogens (tertiary/aromatic N) is 1. The summed E-state index contributed by atoms with van der Waals surface area (Å²) in [6, 6.07) is 14.4. The van der Waals surface area contributed by atoms with Crippen molar-refractivity contribution in [3.8, 4) is 11.8 Å². The summed E-state index contributed by atoms with van der Waals surface area (Å²) in [5.41, 5.74) is 7.06. The van der Waals surface area contributed by atoms with E-state index in [-0.39, 0.29) is 45.6 Å². The SMILES string of the molecule is CCOC(=O)C1=C(C)OC(N)=C(C#N)[C@H]1c1ccccc1OS(=O)(=O)c1ccc(C)cc1. The van der Waals surface area contributed by atoms with Gasteiger partial charge in [-0.25, -0.2) is 4.79 Å². The first-order chi connectivity index (χ1) is 15.2. The molecule has 0 aliphatic carbocycles. The van der Waals surface area contributed by atoms with Gasteiger partial charge in [-0.3, -0.25) is 0 Å². The highest BCUT2D eigenvalue weighted by Gasteiger charge is 2.38. The second-order valence-electron chi connectivity index (χ2n) is 7.00. The van der Waals surface area contributed by atoms with E-state index in [0.29, 0.717) is 0 Å². The number of carbonyl (C=O) groups is 1. The average molecular weight is 455 g/mol. The summed E-state index contributed by atoms with van der Waals surface area (Å²) in [4.78, 5) is 12.7. The number of carbonyl (C=O) groups excluding carboxylic acids is 1. The molecule has 2 aromatic rings. The Morgan fingerprint density at radius 2 is 1.81 bits per heavy atom. The molecule has 0 amide bonds. The predicted molar refractivity (Wildman–Crippen MR) is 115 cm³/mol. The summed E-state index contributed by atoms with van der Waals surface area (Å²) in [7, 11) is -4.18. The molecule has 1 atom stereocenters. The number of ether oxygens (including phenoxy) is 2. The minimum absolute atomic E-state index is 0.0298. The van der Waals surface area contributed by atoms with Crippen LogP contribution in [0.5, 0.6) is 5.75 Å². The molecule has 1 heterocycles. The molecule has 0 fully saturated rings. The number of para-hydroxylation sites is 1. The van der Waals surface area contributed by atoms with Crippen LogP contribution in [0, 0.1) is 18.3 Å². The molecule has 32 heavy (non-hydrogen) atoms. The van der Waals surface area contributed by atoms with Gasteiger partial charge in [-0.15, -0.1) is 0 Å². The van der Waals surface area contributed by atoms with E-state index in [1.165, 1.54) is 25.1 Å². The number of hydrogen-bond acceptors (Lipinski definition) is 8. The zero-order chi connectivity index (χ0) is 23.5. The van der Waals surface area contributed by atoms with Gasteiger partial charge in [0.15, 0.2) is 0 Å². The Morgan fingerprint density at radius 3 is 2.44 bits per heavy atom. The second-order valence-corrected chi connectivity index (χ2v) is 8.55. The molecule has 166 valence electrons. The zero-order valence-electron chi connectivity index (χ0n) is 17.8. The van der Waals surface area contributed by atoms with E-state index in [0.717, 1.165) is 5.56 Å². The molecule has 8 nitrogen and oxygen atoms in total. The van der Waals surface area contributed by atoms with E-state index >= 15 is 0 Å². The molecule has 1 aliphatic rings. The maximum atomic E-state index is 12.9. The molecule has 0 saturated carbocycles. The maximum Gasteiger partial charge on any atom is 0.339 e. The molecular weight excluding hydrogens is 432 g/mol. The number of rotatable bonds is 6. The Kier molecular flexibility index (Phi) is 6.55. The van der Waals surface area contributed by atoms with Crippen LogP contribution in [-0.4, -0.2) is 21.0 Å². The van der Waals surface area contributed by atoms with Gasteiger partial charge in [0.05, 0.1) is 18.1 Å². The molecule has 1 aliphatic heterocycles. The highest BCUT2D eigenvalue weighted by atomic mass is 32.2. The fourth-order valence-corrected chi connectivity index (χ4v) is 4.29. The second kappa shape index (κ2) is 9.16. The lowest BCUT2D eigenvalue weighted by molar-refractivity contribution is -0.139. The summed E-state index contributed by atoms with van der Waals surface area (Å²) in [6.45, 7) is 5.10. The van der Waals surface area contributed by atoms with Gasteiger partial charge in [0.2, 0.25) is 5.88 Å². The topological polar surface area (TPSA) is 129 Å². The van der Waals surface area contributed by atoms with E-state index in [9.17, 15) is 18.5 Å². The first kappa shape index (κ1) is 22.9. The lowest BCUT2D eigenvalue weighted by Gasteiger charge is -2.27. The van der Waals surface area contributed by atoms with Gasteiger partial charge in [-0.05, 0) is 39.0 Å². The maximum absolute atomic E-state index is 12.9. The summed E-state index contributed by atoms with van der Waals surface area (Å²) < 4.78 is 41.8. The van der Waals surface area contributed by atoms with Crippen LogP contribution in [0.3, 0.4) is 0 Å². The number of esters is 1. The number of nitrogens with two attached hydrogens (primary N) is 1. The van der Waals surface area contributed by atoms with Crippen molar-refractivity contribution >= 4 is 16.1 Å². The molecule has 3 rings (SSSR count). The van der Waals surface area contributed by atoms with Gasteiger partial charge >= 0.3 is 16.1 Å². The number of aryl methyl sites for hydroxylation is 1. The van der Waals surface area contributed by atoms with Gasteiger partial charge < -0.3 is 19.4 Å². The Balaban J connectivity index is 2.14. The van der Waals surface area contributed by atoms with Crippen LogP contribution < -0.4 is 9.92 Å². The third-order valence-corrected chi connectivity index (χ3v) is 6.09. The molecule has 0 bridgehead atoms. The molecule has 0 radical (unpaired) electrons. The summed E-state index contributed by atoms with van der Waals surface area (Å²) in [5, 5.41) is 9.73. The summed E-state index contributed by atoms with van der Waals surface area (Å²) in [5.74, 6) is -1.81. The number of hydrogen-bond donors (Lipinski definition) is 1. The Bertz CT molecular complexity index is 1250. The van der Waals surface area contributed by atoms with Gasteiger partial charge in [-0.2, -0.15) is 13.7 Å². The summed E-state index contributed by atoms with van der Waals surface area (Å²) >= 11 is 0. The average Bonchev–Trinajstić information content (AvgIpc) is 2.74. The van der Waals surface area contributed by atoms with E-state index in [1.807, 2.05) is 13.0 Å². The number of benzene rings is 2. The first-order valence-electron chi connectivity index (χ1n) is 9.75. The van der Waals surface area contributed by atoms with Crippen molar-refractivity contribution in [3.05, 3.63) is 82.4 Å². The van der Waals surface area contributed by atoms with Gasteiger partial charge in [0.25, 0.3) is 0 Å². The minimum Gasteiger partial charge on any atom is -0.463 e. The molecule has 2 N–H and O–H groups in total. The standard InChI is InChI=1S/C23H22N2O6S/c1-4-29-23(26)20-15(3)30-22(25)18(13-24)21(20)17-7-5-6-8-19(17)31-32(27,28)16-11-9-14(2)10-12-16/h5-12,21H,4,25H2,1-3H3/t21-/m1/s1. The molecule has 0 spiro atoms. The molecule has 0 unspecified atom stereocenters. The summed E-state index contributed by atoms with van der Waals surface area (Å²) in [6.07, 6.45) is 0. The third-order valence-electron chi connectivity index (χ3n) is 4.84. The Morgan fingerprint density at radius 1 is 1.16 bits per heavy atom. The van der Waals surface area contributed by atoms with Crippen LogP contribution in [0.1, 0.15) is 30.9 Å². The van der Waals surface area contributed by atoms with Crippen molar-refractivity contribution in [2.75, 3.05) is 6.61 Å². The third kappa shape index (κ3) is 4.45. The van der Waals surface area contributed by atoms with Crippen molar-refractivity contribution in [2.45, 2.75) is 31.6 Å². The van der Waals surface area contributed by atoms with Crippen LogP contribution in [0.4, 0.5) is 0 Å². The molecule has 0 saturated heterocycles. The first-order valence-corrected chi connectivity index (χ1v) is 11.2. The fourth-order valence-electron chi connectivity index (χ4n) is 3.33. The van der Waals surface area contributed by atoms with E-state index in [2.05, 4.69) is 0 Å². The molecular formula is C23H22N2O6S. The van der Waals surface area contributed by atoms with Crippen molar-refractivity contribution in [3.63, 3.8) is 0 Å². The van der Waals surface area contributed by atoms with E-state index in [4.69, 9.17) is 19.4 Å². The van der Waals surface area contributed by atoms with Crippen LogP contribution in [-0.2, 0) is 24.4 Å². The molecule has 0 aromatic heterocycles. The fraction of sp³-hybridized carbons (Fsp3) is 0.217. The Hall–Kier alpha value is -3.77. The predicted octanol–water partition coefficient (Wildman–Crippen LogP) is 3.41. The lowest BCUT2D eigenvalue weighted by Crippen LogP contribution is -2.26. The highest BCUT2D eigenvalue weighted by molar-refractivity contribution is 7.87. The zero-order valence-corrected chi connectivity index (χ0v) is 18.6. The van der Waals surface area contributed by atoms with Crippen LogP contribution in [0.15, 0.2) is 76.2 Å². The van der Waals surface area contributed by atoms with Crippen LogP contribution >= 0.6 is 0 Å². The quantitative estimate of drug-likeness (QED) is 0.519. The van der Waals surface area contributed by atoms with Crippen molar-refractivity contribution in [1.29, 1.82) is 5.26 Å². The van der Waals surface area contributed by atoms with Gasteiger partial charge in [-0.1, -0.05) is 35.9 Å². The molecule has 9 heteroatoms. The van der Waals surface area contributed by atoms with Crippen molar-refractivity contribution in [2.24, 2.45) is 5.73 Å². The highest BCUT2D eigenvalue weighted by Crippen LogP contribution is 2.43. The van der Waals surface area contributed by atoms with Crippen LogP contribution in [0.2, 0.25) is 0 Å². The monoisotopic (exact) mass is 454 g/mol. The van der Waals surface area contributed by atoms with E-state index < -0.39 is 22.0 Å². The van der Waals surface area contributed by atoms with Crippen molar-refractivity contribution in [1.82, 2.24) is 0 Å². The normalized spacial score (nSPS) is 16.2.